The number of hydrogen-bond donors (Lipinski definition) is 1. The minimum absolute atomic E-state index is 0.436. The SMILES string of the molecule is COc1ccccc1CC[NH2+][C@H]1CCCC[C@@H]1OC. The molecular formula is C16H26NO2+. The average Bonchev–Trinajstić information content (AvgIpc) is 2.48. The van der Waals surface area contributed by atoms with E-state index in [0.717, 1.165) is 18.7 Å². The molecule has 0 aromatic heterocycles. The molecule has 0 amide bonds. The van der Waals surface area contributed by atoms with E-state index >= 15 is 0 Å². The average molecular weight is 264 g/mol. The number of rotatable bonds is 6. The van der Waals surface area contributed by atoms with Gasteiger partial charge in [0.25, 0.3) is 0 Å². The molecule has 1 aromatic carbocycles. The molecule has 1 aliphatic carbocycles. The van der Waals surface area contributed by atoms with E-state index in [1.807, 2.05) is 19.2 Å². The molecule has 0 aliphatic heterocycles. The van der Waals surface area contributed by atoms with Crippen molar-refractivity contribution in [1.29, 1.82) is 0 Å². The first kappa shape index (κ1) is 14.4. The summed E-state index contributed by atoms with van der Waals surface area (Å²) in [5.74, 6) is 1.00. The van der Waals surface area contributed by atoms with Crippen molar-refractivity contribution in [2.75, 3.05) is 20.8 Å². The van der Waals surface area contributed by atoms with Crippen molar-refractivity contribution in [3.63, 3.8) is 0 Å². The molecule has 1 aliphatic rings. The Bertz CT molecular complexity index is 381. The fourth-order valence-electron chi connectivity index (χ4n) is 3.05. The summed E-state index contributed by atoms with van der Waals surface area (Å²) in [6.07, 6.45) is 6.64. The van der Waals surface area contributed by atoms with Gasteiger partial charge in [0.2, 0.25) is 0 Å². The zero-order chi connectivity index (χ0) is 13.5. The van der Waals surface area contributed by atoms with Crippen molar-refractivity contribution in [3.05, 3.63) is 29.8 Å². The van der Waals surface area contributed by atoms with Gasteiger partial charge in [-0.2, -0.15) is 0 Å². The van der Waals surface area contributed by atoms with Crippen molar-refractivity contribution in [3.8, 4) is 5.75 Å². The molecule has 1 fully saturated rings. The lowest BCUT2D eigenvalue weighted by atomic mass is 9.92. The molecule has 0 radical (unpaired) electrons. The quantitative estimate of drug-likeness (QED) is 0.849. The third-order valence-corrected chi connectivity index (χ3v) is 4.13. The zero-order valence-corrected chi connectivity index (χ0v) is 12.1. The van der Waals surface area contributed by atoms with Crippen LogP contribution < -0.4 is 10.1 Å². The van der Waals surface area contributed by atoms with Crippen LogP contribution in [0.1, 0.15) is 31.2 Å². The van der Waals surface area contributed by atoms with Crippen molar-refractivity contribution >= 4 is 0 Å². The summed E-state index contributed by atoms with van der Waals surface area (Å²) >= 11 is 0. The van der Waals surface area contributed by atoms with E-state index in [9.17, 15) is 0 Å². The second kappa shape index (κ2) is 7.51. The summed E-state index contributed by atoms with van der Waals surface area (Å²) in [6, 6.07) is 8.92. The van der Waals surface area contributed by atoms with Crippen LogP contribution in [0.5, 0.6) is 5.75 Å². The van der Waals surface area contributed by atoms with Crippen molar-refractivity contribution in [2.24, 2.45) is 0 Å². The third-order valence-electron chi connectivity index (χ3n) is 4.13. The predicted octanol–water partition coefficient (Wildman–Crippen LogP) is 1.76. The molecule has 106 valence electrons. The van der Waals surface area contributed by atoms with Crippen molar-refractivity contribution in [2.45, 2.75) is 44.2 Å². The molecule has 19 heavy (non-hydrogen) atoms. The molecule has 1 aromatic rings. The lowest BCUT2D eigenvalue weighted by Crippen LogP contribution is -2.93. The third kappa shape index (κ3) is 3.95. The van der Waals surface area contributed by atoms with Gasteiger partial charge in [-0.3, -0.25) is 0 Å². The maximum atomic E-state index is 5.60. The van der Waals surface area contributed by atoms with Crippen molar-refractivity contribution < 1.29 is 14.8 Å². The van der Waals surface area contributed by atoms with E-state index in [1.165, 1.54) is 31.2 Å². The van der Waals surface area contributed by atoms with E-state index in [0.29, 0.717) is 12.1 Å². The van der Waals surface area contributed by atoms with Gasteiger partial charge in [0.15, 0.2) is 0 Å². The molecule has 2 N–H and O–H groups in total. The molecule has 1 saturated carbocycles. The summed E-state index contributed by atoms with van der Waals surface area (Å²) < 4.78 is 11.0. The lowest BCUT2D eigenvalue weighted by Gasteiger charge is -2.28. The molecule has 0 bridgehead atoms. The van der Waals surface area contributed by atoms with Gasteiger partial charge in [-0.05, 0) is 24.5 Å². The van der Waals surface area contributed by atoms with E-state index in [-0.39, 0.29) is 0 Å². The molecule has 0 heterocycles. The molecule has 0 saturated heterocycles. The Hall–Kier alpha value is -1.06. The van der Waals surface area contributed by atoms with Gasteiger partial charge in [-0.25, -0.2) is 0 Å². The Morgan fingerprint density at radius 1 is 1.16 bits per heavy atom. The highest BCUT2D eigenvalue weighted by atomic mass is 16.5. The highest BCUT2D eigenvalue weighted by Gasteiger charge is 2.27. The number of quaternary nitrogens is 1. The van der Waals surface area contributed by atoms with Gasteiger partial charge in [-0.15, -0.1) is 0 Å². The monoisotopic (exact) mass is 264 g/mol. The van der Waals surface area contributed by atoms with E-state index in [2.05, 4.69) is 17.4 Å². The Kier molecular flexibility index (Phi) is 5.67. The molecule has 2 atom stereocenters. The van der Waals surface area contributed by atoms with Crippen LogP contribution in [0, 0.1) is 0 Å². The maximum absolute atomic E-state index is 5.60. The Balaban J connectivity index is 1.82. The van der Waals surface area contributed by atoms with Crippen LogP contribution in [0.25, 0.3) is 0 Å². The number of ether oxygens (including phenoxy) is 2. The van der Waals surface area contributed by atoms with Gasteiger partial charge in [0.05, 0.1) is 13.7 Å². The fraction of sp³-hybridized carbons (Fsp3) is 0.625. The summed E-state index contributed by atoms with van der Waals surface area (Å²) in [4.78, 5) is 0. The summed E-state index contributed by atoms with van der Waals surface area (Å²) in [7, 11) is 3.59. The number of nitrogens with two attached hydrogens (primary N) is 1. The second-order valence-electron chi connectivity index (χ2n) is 5.31. The van der Waals surface area contributed by atoms with Crippen LogP contribution in [-0.2, 0) is 11.2 Å². The summed E-state index contributed by atoms with van der Waals surface area (Å²) in [5, 5.41) is 2.46. The number of hydrogen-bond acceptors (Lipinski definition) is 2. The van der Waals surface area contributed by atoms with Gasteiger partial charge in [-0.1, -0.05) is 24.6 Å². The summed E-state index contributed by atoms with van der Waals surface area (Å²) in [5.41, 5.74) is 1.30. The van der Waals surface area contributed by atoms with Crippen LogP contribution in [0.3, 0.4) is 0 Å². The summed E-state index contributed by atoms with van der Waals surface area (Å²) in [6.45, 7) is 1.10. The van der Waals surface area contributed by atoms with Gasteiger partial charge in [0, 0.05) is 20.0 Å². The standard InChI is InChI=1S/C16H25NO2/c1-18-15-9-5-3-7-13(15)11-12-17-14-8-4-6-10-16(14)19-2/h3,5,7,9,14,16-17H,4,6,8,10-12H2,1-2H3/p+1/t14-,16-/m0/s1. The second-order valence-corrected chi connectivity index (χ2v) is 5.31. The highest BCUT2D eigenvalue weighted by molar-refractivity contribution is 5.33. The fourth-order valence-corrected chi connectivity index (χ4v) is 3.05. The molecule has 3 nitrogen and oxygen atoms in total. The minimum atomic E-state index is 0.436. The number of methoxy groups -OCH3 is 2. The number of para-hydroxylation sites is 1. The highest BCUT2D eigenvalue weighted by Crippen LogP contribution is 2.19. The first-order valence-corrected chi connectivity index (χ1v) is 7.33. The maximum Gasteiger partial charge on any atom is 0.122 e. The van der Waals surface area contributed by atoms with E-state index < -0.39 is 0 Å². The predicted molar refractivity (Wildman–Crippen MR) is 76.5 cm³/mol. The van der Waals surface area contributed by atoms with Crippen LogP contribution in [-0.4, -0.2) is 32.9 Å². The molecule has 0 spiro atoms. The Morgan fingerprint density at radius 3 is 2.74 bits per heavy atom. The van der Waals surface area contributed by atoms with E-state index in [4.69, 9.17) is 9.47 Å². The molecular weight excluding hydrogens is 238 g/mol. The van der Waals surface area contributed by atoms with Gasteiger partial charge in [0.1, 0.15) is 17.9 Å². The zero-order valence-electron chi connectivity index (χ0n) is 12.1. The molecule has 2 rings (SSSR count). The normalized spacial score (nSPS) is 23.3. The van der Waals surface area contributed by atoms with Crippen LogP contribution in [0.2, 0.25) is 0 Å². The van der Waals surface area contributed by atoms with E-state index in [1.54, 1.807) is 7.11 Å². The minimum Gasteiger partial charge on any atom is -0.496 e. The van der Waals surface area contributed by atoms with Crippen LogP contribution in [0.15, 0.2) is 24.3 Å². The van der Waals surface area contributed by atoms with Crippen LogP contribution in [0.4, 0.5) is 0 Å². The number of benzene rings is 1. The van der Waals surface area contributed by atoms with Crippen LogP contribution >= 0.6 is 0 Å². The van der Waals surface area contributed by atoms with Crippen molar-refractivity contribution in [1.82, 2.24) is 0 Å². The van der Waals surface area contributed by atoms with Gasteiger partial charge >= 0.3 is 0 Å². The molecule has 3 heteroatoms. The first-order valence-electron chi connectivity index (χ1n) is 7.33. The topological polar surface area (TPSA) is 35.1 Å². The Morgan fingerprint density at radius 2 is 1.95 bits per heavy atom. The smallest absolute Gasteiger partial charge is 0.122 e. The van der Waals surface area contributed by atoms with Gasteiger partial charge < -0.3 is 14.8 Å². The first-order chi connectivity index (χ1) is 9.35. The molecule has 0 unspecified atom stereocenters. The lowest BCUT2D eigenvalue weighted by molar-refractivity contribution is -0.698. The largest absolute Gasteiger partial charge is 0.496 e. The Labute approximate surface area is 116 Å².